The van der Waals surface area contributed by atoms with E-state index in [2.05, 4.69) is 10.6 Å². The molecule has 0 saturated heterocycles. The number of carbonyl (C=O) groups excluding carboxylic acids is 2. The summed E-state index contributed by atoms with van der Waals surface area (Å²) in [6.07, 6.45) is 1.02. The van der Waals surface area contributed by atoms with Crippen molar-refractivity contribution < 1.29 is 34.1 Å². The molecular formula is C18H26N2O7. The van der Waals surface area contributed by atoms with E-state index in [0.29, 0.717) is 0 Å². The van der Waals surface area contributed by atoms with E-state index in [4.69, 9.17) is 4.74 Å². The van der Waals surface area contributed by atoms with Gasteiger partial charge in [0.15, 0.2) is 0 Å². The number of nitrogens with one attached hydrogen (secondary N) is 2. The Morgan fingerprint density at radius 1 is 1.11 bits per heavy atom. The summed E-state index contributed by atoms with van der Waals surface area (Å²) < 4.78 is 5.10. The van der Waals surface area contributed by atoms with Gasteiger partial charge >= 0.3 is 18.0 Å². The van der Waals surface area contributed by atoms with Crippen LogP contribution < -0.4 is 10.6 Å². The standard InChI is InChI=1S/C18H26N2O7/c1-8(19-15(26)27-16(2,3)4)12(21)20-18(14(24)25)7-17(5-6-17)10-9(11(10)18)13(22)23/h8-11H,5-7H2,1-4H3,(H,19,26)(H,20,21)(H,22,23)(H,24,25). The average molecular weight is 382 g/mol. The highest BCUT2D eigenvalue weighted by molar-refractivity contribution is 5.93. The molecular weight excluding hydrogens is 356 g/mol. The van der Waals surface area contributed by atoms with Gasteiger partial charge < -0.3 is 25.6 Å². The number of ether oxygens (including phenoxy) is 1. The molecule has 9 heteroatoms. The molecule has 0 aromatic carbocycles. The molecule has 3 aliphatic carbocycles. The van der Waals surface area contributed by atoms with Gasteiger partial charge in [0.05, 0.1) is 5.92 Å². The predicted molar refractivity (Wildman–Crippen MR) is 91.7 cm³/mol. The maximum absolute atomic E-state index is 12.6. The molecule has 1 spiro atoms. The number of carbonyl (C=O) groups is 4. The molecule has 27 heavy (non-hydrogen) atoms. The summed E-state index contributed by atoms with van der Waals surface area (Å²) in [6, 6.07) is -1.02. The molecule has 0 aromatic heterocycles. The van der Waals surface area contributed by atoms with Crippen LogP contribution >= 0.6 is 0 Å². The first-order valence-corrected chi connectivity index (χ1v) is 9.11. The monoisotopic (exact) mass is 382 g/mol. The van der Waals surface area contributed by atoms with E-state index >= 15 is 0 Å². The Bertz CT molecular complexity index is 709. The number of hydrogen-bond donors (Lipinski definition) is 4. The van der Waals surface area contributed by atoms with E-state index in [1.54, 1.807) is 20.8 Å². The maximum atomic E-state index is 12.6. The van der Waals surface area contributed by atoms with Gasteiger partial charge in [-0.1, -0.05) is 0 Å². The van der Waals surface area contributed by atoms with Crippen molar-refractivity contribution >= 4 is 23.9 Å². The van der Waals surface area contributed by atoms with Gasteiger partial charge in [-0.15, -0.1) is 0 Å². The Balaban J connectivity index is 1.72. The summed E-state index contributed by atoms with van der Waals surface area (Å²) in [5.41, 5.74) is -2.63. The van der Waals surface area contributed by atoms with E-state index < -0.39 is 53.0 Å². The molecule has 4 N–H and O–H groups in total. The van der Waals surface area contributed by atoms with Crippen LogP contribution in [0.25, 0.3) is 0 Å². The lowest BCUT2D eigenvalue weighted by Crippen LogP contribution is -2.60. The number of aliphatic carboxylic acids is 2. The van der Waals surface area contributed by atoms with E-state index in [-0.39, 0.29) is 17.8 Å². The second-order valence-electron chi connectivity index (χ2n) is 9.09. The van der Waals surface area contributed by atoms with Crippen LogP contribution in [-0.2, 0) is 19.1 Å². The SMILES string of the molecule is CC(NC(=O)OC(C)(C)C)C(=O)NC1(C(=O)O)CC2(CC2)C2C(C(=O)O)C21. The van der Waals surface area contributed by atoms with Crippen LogP contribution in [0.4, 0.5) is 4.79 Å². The third-order valence-corrected chi connectivity index (χ3v) is 5.96. The summed E-state index contributed by atoms with van der Waals surface area (Å²) >= 11 is 0. The molecule has 3 aliphatic rings. The van der Waals surface area contributed by atoms with Gasteiger partial charge in [0.2, 0.25) is 5.91 Å². The smallest absolute Gasteiger partial charge is 0.408 e. The van der Waals surface area contributed by atoms with Crippen molar-refractivity contribution in [2.75, 3.05) is 0 Å². The zero-order valence-corrected chi connectivity index (χ0v) is 15.9. The Kier molecular flexibility index (Phi) is 4.20. The molecule has 0 heterocycles. The van der Waals surface area contributed by atoms with Gasteiger partial charge in [-0.3, -0.25) is 9.59 Å². The summed E-state index contributed by atoms with van der Waals surface area (Å²) in [5.74, 6) is -4.48. The van der Waals surface area contributed by atoms with Crippen LogP contribution in [0.15, 0.2) is 0 Å². The topological polar surface area (TPSA) is 142 Å². The molecule has 0 radical (unpaired) electrons. The minimum atomic E-state index is -1.61. The molecule has 150 valence electrons. The minimum Gasteiger partial charge on any atom is -0.481 e. The lowest BCUT2D eigenvalue weighted by atomic mass is 9.84. The molecule has 5 unspecified atom stereocenters. The highest BCUT2D eigenvalue weighted by Crippen LogP contribution is 2.78. The van der Waals surface area contributed by atoms with Gasteiger partial charge in [0, 0.05) is 5.92 Å². The largest absolute Gasteiger partial charge is 0.481 e. The lowest BCUT2D eigenvalue weighted by molar-refractivity contribution is -0.150. The normalized spacial score (nSPS) is 33.6. The van der Waals surface area contributed by atoms with Crippen molar-refractivity contribution in [2.24, 2.45) is 23.2 Å². The van der Waals surface area contributed by atoms with Crippen molar-refractivity contribution in [1.82, 2.24) is 10.6 Å². The number of carboxylic acids is 2. The number of hydrogen-bond acceptors (Lipinski definition) is 5. The van der Waals surface area contributed by atoms with Crippen LogP contribution in [0.1, 0.15) is 47.0 Å². The number of amides is 2. The number of rotatable bonds is 5. The molecule has 5 atom stereocenters. The quantitative estimate of drug-likeness (QED) is 0.555. The fourth-order valence-electron chi connectivity index (χ4n) is 4.73. The first-order valence-electron chi connectivity index (χ1n) is 9.11. The van der Waals surface area contributed by atoms with E-state index in [1.165, 1.54) is 6.92 Å². The van der Waals surface area contributed by atoms with Crippen LogP contribution in [0.2, 0.25) is 0 Å². The molecule has 9 nitrogen and oxygen atoms in total. The Hall–Kier alpha value is -2.32. The maximum Gasteiger partial charge on any atom is 0.408 e. The van der Waals surface area contributed by atoms with Crippen LogP contribution in [-0.4, -0.2) is 51.3 Å². The first kappa shape index (κ1) is 19.4. The summed E-state index contributed by atoms with van der Waals surface area (Å²) in [5, 5.41) is 24.2. The van der Waals surface area contributed by atoms with Gasteiger partial charge in [-0.2, -0.15) is 0 Å². The van der Waals surface area contributed by atoms with Gasteiger partial charge in [0.1, 0.15) is 17.2 Å². The Morgan fingerprint density at radius 3 is 2.15 bits per heavy atom. The van der Waals surface area contributed by atoms with E-state index in [0.717, 1.165) is 12.8 Å². The zero-order valence-electron chi connectivity index (χ0n) is 15.9. The summed E-state index contributed by atoms with van der Waals surface area (Å²) in [6.45, 7) is 6.48. The molecule has 3 rings (SSSR count). The van der Waals surface area contributed by atoms with Gasteiger partial charge in [0.25, 0.3) is 0 Å². The third kappa shape index (κ3) is 3.23. The minimum absolute atomic E-state index is 0.208. The van der Waals surface area contributed by atoms with Crippen molar-refractivity contribution in [3.8, 4) is 0 Å². The number of carboxylic acid groups (broad SMARTS) is 2. The molecule has 0 aliphatic heterocycles. The number of alkyl carbamates (subject to hydrolysis) is 1. The molecule has 2 amide bonds. The van der Waals surface area contributed by atoms with Crippen LogP contribution in [0.5, 0.6) is 0 Å². The summed E-state index contributed by atoms with van der Waals surface area (Å²) in [7, 11) is 0. The molecule has 3 saturated carbocycles. The first-order chi connectivity index (χ1) is 12.3. The van der Waals surface area contributed by atoms with Crippen LogP contribution in [0.3, 0.4) is 0 Å². The highest BCUT2D eigenvalue weighted by Gasteiger charge is 2.82. The average Bonchev–Trinajstić information content (AvgIpc) is 3.35. The van der Waals surface area contributed by atoms with Crippen molar-refractivity contribution in [1.29, 1.82) is 0 Å². The zero-order chi connectivity index (χ0) is 20.4. The van der Waals surface area contributed by atoms with E-state index in [1.807, 2.05) is 0 Å². The molecule has 0 aromatic rings. The van der Waals surface area contributed by atoms with Crippen molar-refractivity contribution in [3.63, 3.8) is 0 Å². The van der Waals surface area contributed by atoms with Crippen molar-refractivity contribution in [3.05, 3.63) is 0 Å². The predicted octanol–water partition coefficient (Wildman–Crippen LogP) is 0.970. The summed E-state index contributed by atoms with van der Waals surface area (Å²) in [4.78, 5) is 48.0. The number of fused-ring (bicyclic) bond motifs is 2. The highest BCUT2D eigenvalue weighted by atomic mass is 16.6. The molecule has 3 fully saturated rings. The fraction of sp³-hybridized carbons (Fsp3) is 0.778. The third-order valence-electron chi connectivity index (χ3n) is 5.96. The van der Waals surface area contributed by atoms with E-state index in [9.17, 15) is 29.4 Å². The second-order valence-corrected chi connectivity index (χ2v) is 9.09. The molecule has 0 bridgehead atoms. The van der Waals surface area contributed by atoms with Crippen molar-refractivity contribution in [2.45, 2.75) is 64.1 Å². The van der Waals surface area contributed by atoms with Crippen LogP contribution in [0, 0.1) is 23.2 Å². The second kappa shape index (κ2) is 5.84. The lowest BCUT2D eigenvalue weighted by Gasteiger charge is -2.31. The fourth-order valence-corrected chi connectivity index (χ4v) is 4.73. The Morgan fingerprint density at radius 2 is 1.70 bits per heavy atom. The Labute approximate surface area is 156 Å². The van der Waals surface area contributed by atoms with Gasteiger partial charge in [-0.05, 0) is 58.3 Å². The van der Waals surface area contributed by atoms with Gasteiger partial charge in [-0.25, -0.2) is 9.59 Å².